The van der Waals surface area contributed by atoms with Crippen molar-refractivity contribution in [3.63, 3.8) is 0 Å². The summed E-state index contributed by atoms with van der Waals surface area (Å²) in [6.07, 6.45) is 6.60. The molecule has 0 saturated carbocycles. The van der Waals surface area contributed by atoms with Crippen LogP contribution in [0.1, 0.15) is 28.1 Å². The van der Waals surface area contributed by atoms with E-state index >= 15 is 0 Å². The summed E-state index contributed by atoms with van der Waals surface area (Å²) in [5.74, 6) is 0.513. The summed E-state index contributed by atoms with van der Waals surface area (Å²) >= 11 is 0. The van der Waals surface area contributed by atoms with Gasteiger partial charge in [-0.05, 0) is 61.7 Å². The maximum absolute atomic E-state index is 5.55. The highest BCUT2D eigenvalue weighted by Gasteiger charge is 2.14. The van der Waals surface area contributed by atoms with E-state index in [-0.39, 0.29) is 0 Å². The van der Waals surface area contributed by atoms with E-state index in [1.165, 1.54) is 22.0 Å². The van der Waals surface area contributed by atoms with Crippen molar-refractivity contribution >= 4 is 10.9 Å². The number of rotatable bonds is 5. The summed E-state index contributed by atoms with van der Waals surface area (Å²) in [4.78, 5) is 8.96. The molecule has 7 nitrogen and oxygen atoms in total. The van der Waals surface area contributed by atoms with Gasteiger partial charge in [0.25, 0.3) is 0 Å². The maximum Gasteiger partial charge on any atom is 0.238 e. The first-order chi connectivity index (χ1) is 15.9. The van der Waals surface area contributed by atoms with Gasteiger partial charge >= 0.3 is 0 Å². The van der Waals surface area contributed by atoms with Crippen molar-refractivity contribution in [1.29, 1.82) is 0 Å². The van der Waals surface area contributed by atoms with Crippen molar-refractivity contribution < 1.29 is 4.74 Å². The number of fused-ring (bicyclic) bond motifs is 1. The van der Waals surface area contributed by atoms with E-state index in [0.29, 0.717) is 5.88 Å². The number of methoxy groups -OCH3 is 1. The first-order valence-corrected chi connectivity index (χ1v) is 10.9. The Hall–Kier alpha value is -4.00. The molecule has 7 heteroatoms. The van der Waals surface area contributed by atoms with E-state index in [0.717, 1.165) is 40.4 Å². The Balaban J connectivity index is 1.46. The molecule has 4 heterocycles. The fraction of sp³-hybridized carbons (Fsp3) is 0.231. The van der Waals surface area contributed by atoms with Crippen molar-refractivity contribution in [2.24, 2.45) is 7.05 Å². The number of aromatic nitrogens is 6. The predicted molar refractivity (Wildman–Crippen MR) is 129 cm³/mol. The summed E-state index contributed by atoms with van der Waals surface area (Å²) in [6.45, 7) is 6.14. The van der Waals surface area contributed by atoms with Crippen LogP contribution in [0.5, 0.6) is 5.88 Å². The number of benzene rings is 1. The number of nitrogens with zero attached hydrogens (tertiary/aromatic N) is 6. The molecule has 166 valence electrons. The van der Waals surface area contributed by atoms with Gasteiger partial charge in [-0.25, -0.2) is 9.97 Å². The molecule has 0 aliphatic carbocycles. The molecule has 0 saturated heterocycles. The van der Waals surface area contributed by atoms with Crippen molar-refractivity contribution in [1.82, 2.24) is 29.3 Å². The minimum Gasteiger partial charge on any atom is -0.479 e. The van der Waals surface area contributed by atoms with E-state index in [4.69, 9.17) is 4.74 Å². The Labute approximate surface area is 192 Å². The Kier molecular flexibility index (Phi) is 5.17. The topological polar surface area (TPSA) is 70.7 Å². The summed E-state index contributed by atoms with van der Waals surface area (Å²) in [7, 11) is 3.70. The Morgan fingerprint density at radius 3 is 2.52 bits per heavy atom. The second-order valence-electron chi connectivity index (χ2n) is 8.47. The van der Waals surface area contributed by atoms with Gasteiger partial charge in [-0.3, -0.25) is 0 Å². The summed E-state index contributed by atoms with van der Waals surface area (Å²) in [5.41, 5.74) is 8.98. The first-order valence-electron chi connectivity index (χ1n) is 10.9. The minimum absolute atomic E-state index is 0.513. The number of hydrogen-bond donors (Lipinski definition) is 0. The summed E-state index contributed by atoms with van der Waals surface area (Å²) < 4.78 is 9.62. The average Bonchev–Trinajstić information content (AvgIpc) is 3.37. The zero-order valence-corrected chi connectivity index (χ0v) is 19.5. The third kappa shape index (κ3) is 3.86. The van der Waals surface area contributed by atoms with Gasteiger partial charge in [-0.2, -0.15) is 5.10 Å². The molecule has 0 aliphatic heterocycles. The first kappa shape index (κ1) is 20.9. The van der Waals surface area contributed by atoms with Crippen LogP contribution in [0, 0.1) is 20.8 Å². The predicted octanol–water partition coefficient (Wildman–Crippen LogP) is 4.74. The zero-order chi connectivity index (χ0) is 23.1. The monoisotopic (exact) mass is 438 g/mol. The van der Waals surface area contributed by atoms with Crippen molar-refractivity contribution in [2.45, 2.75) is 27.2 Å². The molecule has 4 aromatic heterocycles. The molecule has 5 rings (SSSR count). The third-order valence-electron chi connectivity index (χ3n) is 5.96. The molecule has 0 fully saturated rings. The van der Waals surface area contributed by atoms with Gasteiger partial charge in [0, 0.05) is 36.8 Å². The van der Waals surface area contributed by atoms with E-state index in [9.17, 15) is 0 Å². The van der Waals surface area contributed by atoms with Crippen molar-refractivity contribution in [3.8, 4) is 23.0 Å². The van der Waals surface area contributed by atoms with Crippen LogP contribution in [0.4, 0.5) is 0 Å². The van der Waals surface area contributed by atoms with Gasteiger partial charge in [0.1, 0.15) is 11.4 Å². The molecule has 0 bridgehead atoms. The Morgan fingerprint density at radius 2 is 1.79 bits per heavy atom. The standard InChI is InChI=1S/C26H26N6O/c1-16-6-7-20-19(14-31(4)25(20)10-16)12-22-17(2)11-23(30-29-22)21-8-9-24(26(28-21)33-5)32-13-18(3)27-15-32/h6-11,13-15H,12H2,1-5H3. The van der Waals surface area contributed by atoms with Gasteiger partial charge in [0.15, 0.2) is 0 Å². The Bertz CT molecular complexity index is 1480. The molecule has 0 radical (unpaired) electrons. The summed E-state index contributed by atoms with van der Waals surface area (Å²) in [6, 6.07) is 12.5. The molecule has 0 spiro atoms. The van der Waals surface area contributed by atoms with Crippen LogP contribution in [-0.2, 0) is 13.5 Å². The largest absolute Gasteiger partial charge is 0.479 e. The fourth-order valence-electron chi connectivity index (χ4n) is 4.18. The second kappa shape index (κ2) is 8.16. The third-order valence-corrected chi connectivity index (χ3v) is 5.96. The highest BCUT2D eigenvalue weighted by molar-refractivity contribution is 5.85. The molecule has 0 amide bonds. The van der Waals surface area contributed by atoms with Crippen LogP contribution >= 0.6 is 0 Å². The quantitative estimate of drug-likeness (QED) is 0.396. The lowest BCUT2D eigenvalue weighted by Gasteiger charge is -2.11. The smallest absolute Gasteiger partial charge is 0.238 e. The van der Waals surface area contributed by atoms with Gasteiger partial charge in [-0.15, -0.1) is 5.10 Å². The van der Waals surface area contributed by atoms with Gasteiger partial charge in [0.2, 0.25) is 5.88 Å². The molecule has 33 heavy (non-hydrogen) atoms. The number of ether oxygens (including phenoxy) is 1. The number of pyridine rings is 1. The van der Waals surface area contributed by atoms with E-state index in [1.54, 1.807) is 13.4 Å². The van der Waals surface area contributed by atoms with Gasteiger partial charge in [0.05, 0.1) is 30.5 Å². The molecule has 1 aromatic carbocycles. The van der Waals surface area contributed by atoms with Crippen LogP contribution in [0.15, 0.2) is 55.1 Å². The zero-order valence-electron chi connectivity index (χ0n) is 19.5. The molecular weight excluding hydrogens is 412 g/mol. The highest BCUT2D eigenvalue weighted by atomic mass is 16.5. The fourth-order valence-corrected chi connectivity index (χ4v) is 4.18. The molecule has 5 aromatic rings. The lowest BCUT2D eigenvalue weighted by molar-refractivity contribution is 0.396. The second-order valence-corrected chi connectivity index (χ2v) is 8.47. The Morgan fingerprint density at radius 1 is 0.939 bits per heavy atom. The average molecular weight is 439 g/mol. The van der Waals surface area contributed by atoms with Crippen LogP contribution in [0.2, 0.25) is 0 Å². The molecule has 0 aliphatic rings. The van der Waals surface area contributed by atoms with Crippen molar-refractivity contribution in [3.05, 3.63) is 83.2 Å². The van der Waals surface area contributed by atoms with Crippen LogP contribution in [-0.4, -0.2) is 36.4 Å². The molecule has 0 atom stereocenters. The maximum atomic E-state index is 5.55. The normalized spacial score (nSPS) is 11.3. The number of imidazole rings is 1. The SMILES string of the molecule is COc1nc(-c2cc(C)c(Cc3cn(C)c4cc(C)ccc34)nn2)ccc1-n1cnc(C)c1. The molecule has 0 unspecified atom stereocenters. The highest BCUT2D eigenvalue weighted by Crippen LogP contribution is 2.27. The van der Waals surface area contributed by atoms with E-state index < -0.39 is 0 Å². The van der Waals surface area contributed by atoms with E-state index in [2.05, 4.69) is 70.0 Å². The van der Waals surface area contributed by atoms with Crippen LogP contribution < -0.4 is 4.74 Å². The van der Waals surface area contributed by atoms with Crippen LogP contribution in [0.3, 0.4) is 0 Å². The molecular formula is C26H26N6O. The van der Waals surface area contributed by atoms with Gasteiger partial charge in [-0.1, -0.05) is 12.1 Å². The van der Waals surface area contributed by atoms with Crippen LogP contribution in [0.25, 0.3) is 28.0 Å². The molecule has 0 N–H and O–H groups in total. The number of hydrogen-bond acceptors (Lipinski definition) is 5. The van der Waals surface area contributed by atoms with Gasteiger partial charge < -0.3 is 13.9 Å². The lowest BCUT2D eigenvalue weighted by Crippen LogP contribution is -2.03. The summed E-state index contributed by atoms with van der Waals surface area (Å²) in [5, 5.41) is 10.3. The lowest BCUT2D eigenvalue weighted by atomic mass is 10.0. The van der Waals surface area contributed by atoms with Crippen molar-refractivity contribution in [2.75, 3.05) is 7.11 Å². The minimum atomic E-state index is 0.513. The number of aryl methyl sites for hydroxylation is 4. The van der Waals surface area contributed by atoms with E-state index in [1.807, 2.05) is 35.9 Å².